The first-order chi connectivity index (χ1) is 16.8. The Morgan fingerprint density at radius 1 is 0.943 bits per heavy atom. The molecular weight excluding hydrogens is 470 g/mol. The van der Waals surface area contributed by atoms with Crippen molar-refractivity contribution in [2.75, 3.05) is 28.4 Å². The number of carbonyl (C=O) groups excluding carboxylic acids is 2. The first-order valence-corrected chi connectivity index (χ1v) is 11.6. The van der Waals surface area contributed by atoms with Crippen molar-refractivity contribution in [2.45, 2.75) is 31.6 Å². The quantitative estimate of drug-likeness (QED) is 0.515. The molecule has 0 bridgehead atoms. The number of allylic oxidation sites excluding steroid dienone is 2. The number of Topliss-reactive ketones (excluding diaryl/α,β-unsaturated/α-hetero) is 1. The number of rotatable bonds is 6. The van der Waals surface area contributed by atoms with Gasteiger partial charge in [-0.05, 0) is 54.7 Å². The van der Waals surface area contributed by atoms with Crippen molar-refractivity contribution in [1.29, 1.82) is 0 Å². The van der Waals surface area contributed by atoms with Gasteiger partial charge in [0.2, 0.25) is 5.75 Å². The van der Waals surface area contributed by atoms with E-state index in [9.17, 15) is 9.59 Å². The van der Waals surface area contributed by atoms with Gasteiger partial charge in [-0.3, -0.25) is 14.6 Å². The van der Waals surface area contributed by atoms with Gasteiger partial charge in [0.15, 0.2) is 17.3 Å². The Morgan fingerprint density at radius 2 is 1.57 bits per heavy atom. The highest BCUT2D eigenvalue weighted by Gasteiger charge is 2.45. The molecule has 0 N–H and O–H groups in total. The summed E-state index contributed by atoms with van der Waals surface area (Å²) in [6.45, 7) is 1.80. The van der Waals surface area contributed by atoms with Crippen molar-refractivity contribution in [1.82, 2.24) is 0 Å². The highest BCUT2D eigenvalue weighted by molar-refractivity contribution is 6.30. The molecule has 0 aromatic heterocycles. The summed E-state index contributed by atoms with van der Waals surface area (Å²) in [7, 11) is 5.92. The Bertz CT molecular complexity index is 1190. The van der Waals surface area contributed by atoms with E-state index < -0.39 is 17.8 Å². The molecule has 1 unspecified atom stereocenters. The summed E-state index contributed by atoms with van der Waals surface area (Å²) in [6, 6.07) is 11.1. The molecule has 4 rings (SSSR count). The van der Waals surface area contributed by atoms with E-state index >= 15 is 0 Å². The third-order valence-corrected chi connectivity index (χ3v) is 6.98. The molecule has 8 heteroatoms. The van der Waals surface area contributed by atoms with Gasteiger partial charge in [0.05, 0.1) is 28.4 Å². The number of methoxy groups -OCH3 is 4. The fourth-order valence-corrected chi connectivity index (χ4v) is 5.23. The average molecular weight is 498 g/mol. The molecule has 2 aliphatic rings. The van der Waals surface area contributed by atoms with E-state index in [0.717, 1.165) is 5.56 Å². The van der Waals surface area contributed by atoms with Gasteiger partial charge in [0, 0.05) is 34.3 Å². The Balaban J connectivity index is 1.87. The summed E-state index contributed by atoms with van der Waals surface area (Å²) in [5.74, 6) is -0.559. The van der Waals surface area contributed by atoms with Crippen LogP contribution in [0.3, 0.4) is 0 Å². The molecule has 2 aromatic carbocycles. The summed E-state index contributed by atoms with van der Waals surface area (Å²) in [4.78, 5) is 31.4. The van der Waals surface area contributed by atoms with Crippen LogP contribution in [0.2, 0.25) is 5.02 Å². The van der Waals surface area contributed by atoms with E-state index in [1.54, 1.807) is 19.1 Å². The molecule has 0 spiro atoms. The highest BCUT2D eigenvalue weighted by atomic mass is 35.5. The van der Waals surface area contributed by atoms with Gasteiger partial charge in [0.1, 0.15) is 5.92 Å². The van der Waals surface area contributed by atoms with Crippen LogP contribution < -0.4 is 14.2 Å². The zero-order chi connectivity index (χ0) is 25.3. The van der Waals surface area contributed by atoms with Crippen LogP contribution in [0.25, 0.3) is 0 Å². The van der Waals surface area contributed by atoms with Crippen LogP contribution in [-0.4, -0.2) is 45.9 Å². The lowest BCUT2D eigenvalue weighted by molar-refractivity contribution is -0.143. The predicted molar refractivity (Wildman–Crippen MR) is 133 cm³/mol. The molecule has 3 atom stereocenters. The molecule has 0 fully saturated rings. The Labute approximate surface area is 209 Å². The van der Waals surface area contributed by atoms with Gasteiger partial charge in [-0.2, -0.15) is 0 Å². The molecule has 1 heterocycles. The van der Waals surface area contributed by atoms with Crippen molar-refractivity contribution in [3.05, 3.63) is 63.8 Å². The molecule has 1 aliphatic heterocycles. The number of benzene rings is 2. The first-order valence-electron chi connectivity index (χ1n) is 11.3. The van der Waals surface area contributed by atoms with Gasteiger partial charge < -0.3 is 18.9 Å². The number of esters is 1. The van der Waals surface area contributed by atoms with Crippen molar-refractivity contribution in [2.24, 2.45) is 10.9 Å². The predicted octanol–water partition coefficient (Wildman–Crippen LogP) is 5.11. The topological polar surface area (TPSA) is 83.4 Å². The summed E-state index contributed by atoms with van der Waals surface area (Å²) in [6.07, 6.45) is 0.888. The van der Waals surface area contributed by atoms with Crippen molar-refractivity contribution in [3.8, 4) is 17.2 Å². The van der Waals surface area contributed by atoms with Crippen LogP contribution in [0.4, 0.5) is 0 Å². The average Bonchev–Trinajstić information content (AvgIpc) is 2.86. The van der Waals surface area contributed by atoms with Gasteiger partial charge in [0.25, 0.3) is 0 Å². The lowest BCUT2D eigenvalue weighted by Gasteiger charge is -2.36. The van der Waals surface area contributed by atoms with E-state index in [0.29, 0.717) is 57.7 Å². The molecule has 7 nitrogen and oxygen atoms in total. The van der Waals surface area contributed by atoms with Crippen molar-refractivity contribution in [3.63, 3.8) is 0 Å². The lowest BCUT2D eigenvalue weighted by atomic mass is 9.69. The van der Waals surface area contributed by atoms with E-state index in [1.807, 2.05) is 24.3 Å². The summed E-state index contributed by atoms with van der Waals surface area (Å²) in [5, 5.41) is 0.644. The Kier molecular flexibility index (Phi) is 7.17. The van der Waals surface area contributed by atoms with Crippen molar-refractivity contribution < 1.29 is 28.5 Å². The maximum atomic E-state index is 13.7. The van der Waals surface area contributed by atoms with E-state index in [1.165, 1.54) is 28.4 Å². The summed E-state index contributed by atoms with van der Waals surface area (Å²) < 4.78 is 21.7. The second-order valence-corrected chi connectivity index (χ2v) is 9.07. The van der Waals surface area contributed by atoms with Crippen LogP contribution >= 0.6 is 11.6 Å². The maximum absolute atomic E-state index is 13.7. The number of ether oxygens (including phenoxy) is 4. The third-order valence-electron chi connectivity index (χ3n) is 6.73. The van der Waals surface area contributed by atoms with Gasteiger partial charge in [-0.25, -0.2) is 0 Å². The fraction of sp³-hybridized carbons (Fsp3) is 0.370. The molecule has 1 aliphatic carbocycles. The molecule has 35 heavy (non-hydrogen) atoms. The normalized spacial score (nSPS) is 21.7. The minimum absolute atomic E-state index is 0.0228. The second-order valence-electron chi connectivity index (χ2n) is 8.63. The number of aliphatic imine (C=N–C) groups is 1. The van der Waals surface area contributed by atoms with Crippen LogP contribution in [0, 0.1) is 5.92 Å². The van der Waals surface area contributed by atoms with Crippen LogP contribution in [0.15, 0.2) is 52.7 Å². The minimum Gasteiger partial charge on any atom is -0.493 e. The Hall–Kier alpha value is -3.32. The Morgan fingerprint density at radius 3 is 2.11 bits per heavy atom. The SMILES string of the molecule is COC(=O)C1C(C)=NC2=C(C(=O)C[C@@H](c3ccc(Cl)cc3)C2)[C@H]1c1cc(OC)c(OC)c(OC)c1. The van der Waals surface area contributed by atoms with E-state index in [-0.39, 0.29) is 11.7 Å². The zero-order valence-electron chi connectivity index (χ0n) is 20.4. The second kappa shape index (κ2) is 10.1. The first kappa shape index (κ1) is 24.8. The van der Waals surface area contributed by atoms with Gasteiger partial charge in [-0.1, -0.05) is 23.7 Å². The molecule has 184 valence electrons. The largest absolute Gasteiger partial charge is 0.493 e. The number of nitrogens with zero attached hydrogens (tertiary/aromatic N) is 1. The van der Waals surface area contributed by atoms with E-state index in [2.05, 4.69) is 0 Å². The number of hydrogen-bond acceptors (Lipinski definition) is 7. The smallest absolute Gasteiger partial charge is 0.315 e. The maximum Gasteiger partial charge on any atom is 0.315 e. The van der Waals surface area contributed by atoms with Crippen LogP contribution in [0.1, 0.15) is 42.7 Å². The fourth-order valence-electron chi connectivity index (χ4n) is 5.10. The molecular formula is C27H28ClNO6. The van der Waals surface area contributed by atoms with Crippen LogP contribution in [-0.2, 0) is 14.3 Å². The lowest BCUT2D eigenvalue weighted by Crippen LogP contribution is -2.37. The van der Waals surface area contributed by atoms with Gasteiger partial charge in [-0.15, -0.1) is 0 Å². The monoisotopic (exact) mass is 497 g/mol. The molecule has 0 saturated carbocycles. The van der Waals surface area contributed by atoms with Gasteiger partial charge >= 0.3 is 5.97 Å². The standard InChI is InChI=1S/C27H28ClNO6/c1-14-23(27(31)35-5)24(17-12-21(32-2)26(34-4)22(13-17)33-3)25-19(29-14)10-16(11-20(25)30)15-6-8-18(28)9-7-15/h6-9,12-13,16,23-24H,10-11H2,1-5H3/t16-,23?,24-/m0/s1. The molecule has 0 amide bonds. The molecule has 2 aromatic rings. The number of carbonyl (C=O) groups is 2. The van der Waals surface area contributed by atoms with E-state index in [4.69, 9.17) is 35.5 Å². The van der Waals surface area contributed by atoms with Crippen LogP contribution in [0.5, 0.6) is 17.2 Å². The minimum atomic E-state index is -0.752. The molecule has 0 saturated heterocycles. The summed E-state index contributed by atoms with van der Waals surface area (Å²) in [5.41, 5.74) is 3.54. The third kappa shape index (κ3) is 4.52. The highest BCUT2D eigenvalue weighted by Crippen LogP contribution is 2.49. The number of hydrogen-bond donors (Lipinski definition) is 0. The molecule has 0 radical (unpaired) electrons. The number of ketones is 1. The summed E-state index contributed by atoms with van der Waals surface area (Å²) >= 11 is 6.06. The van der Waals surface area contributed by atoms with Crippen molar-refractivity contribution >= 4 is 29.1 Å². The zero-order valence-corrected chi connectivity index (χ0v) is 21.1. The number of halogens is 1.